The summed E-state index contributed by atoms with van der Waals surface area (Å²) in [6.07, 6.45) is 12.7. The summed E-state index contributed by atoms with van der Waals surface area (Å²) in [7, 11) is 0. The van der Waals surface area contributed by atoms with E-state index in [-0.39, 0.29) is 5.97 Å². The molecule has 0 aromatic heterocycles. The predicted octanol–water partition coefficient (Wildman–Crippen LogP) is 7.71. The van der Waals surface area contributed by atoms with Gasteiger partial charge in [0.25, 0.3) is 0 Å². The summed E-state index contributed by atoms with van der Waals surface area (Å²) >= 11 is 0. The molecule has 2 heteroatoms. The zero-order valence-electron chi connectivity index (χ0n) is 18.2. The molecule has 29 heavy (non-hydrogen) atoms. The average molecular weight is 393 g/mol. The summed E-state index contributed by atoms with van der Waals surface area (Å²) in [5.41, 5.74) is 3.30. The van der Waals surface area contributed by atoms with Gasteiger partial charge < -0.3 is 4.74 Å². The normalized spacial score (nSPS) is 19.1. The molecule has 0 saturated heterocycles. The highest BCUT2D eigenvalue weighted by atomic mass is 16.5. The van der Waals surface area contributed by atoms with Crippen molar-refractivity contribution in [3.05, 3.63) is 65.2 Å². The third-order valence-electron chi connectivity index (χ3n) is 6.36. The summed E-state index contributed by atoms with van der Waals surface area (Å²) in [4.78, 5) is 12.5. The molecule has 3 rings (SSSR count). The molecule has 2 aromatic carbocycles. The van der Waals surface area contributed by atoms with Crippen molar-refractivity contribution in [3.8, 4) is 5.75 Å². The standard InChI is InChI=1S/C27H36O2/c1-3-5-6-8-22-11-19-26(20-12-22)29-27(28)25-17-15-24(16-18-25)23-13-9-21(7-4-2)10-14-23/h11-12,15-21,23H,3-10,13-14H2,1-2H3/t21-,23-. The van der Waals surface area contributed by atoms with E-state index in [1.165, 1.54) is 68.9 Å². The molecule has 156 valence electrons. The lowest BCUT2D eigenvalue weighted by Gasteiger charge is -2.28. The molecule has 0 bridgehead atoms. The van der Waals surface area contributed by atoms with E-state index in [0.717, 1.165) is 12.3 Å². The van der Waals surface area contributed by atoms with Crippen molar-refractivity contribution in [1.29, 1.82) is 0 Å². The fraction of sp³-hybridized carbons (Fsp3) is 0.519. The van der Waals surface area contributed by atoms with Crippen LogP contribution in [0.5, 0.6) is 5.75 Å². The molecule has 2 nitrogen and oxygen atoms in total. The number of unbranched alkanes of at least 4 members (excludes halogenated alkanes) is 2. The minimum atomic E-state index is -0.276. The van der Waals surface area contributed by atoms with E-state index in [1.54, 1.807) is 0 Å². The van der Waals surface area contributed by atoms with Crippen LogP contribution in [0.4, 0.5) is 0 Å². The number of rotatable bonds is 9. The molecule has 0 spiro atoms. The minimum absolute atomic E-state index is 0.276. The highest BCUT2D eigenvalue weighted by Crippen LogP contribution is 2.37. The van der Waals surface area contributed by atoms with Crippen molar-refractivity contribution in [2.24, 2.45) is 5.92 Å². The second kappa shape index (κ2) is 11.2. The summed E-state index contributed by atoms with van der Waals surface area (Å²) in [5, 5.41) is 0. The van der Waals surface area contributed by atoms with E-state index in [4.69, 9.17) is 4.74 Å². The number of carbonyl (C=O) groups excluding carboxylic acids is 1. The summed E-state index contributed by atoms with van der Waals surface area (Å²) < 4.78 is 5.57. The van der Waals surface area contributed by atoms with Crippen LogP contribution in [-0.4, -0.2) is 5.97 Å². The Morgan fingerprint density at radius 3 is 2.17 bits per heavy atom. The highest BCUT2D eigenvalue weighted by molar-refractivity contribution is 5.91. The van der Waals surface area contributed by atoms with Gasteiger partial charge in [-0.1, -0.05) is 63.8 Å². The van der Waals surface area contributed by atoms with Crippen LogP contribution >= 0.6 is 0 Å². The largest absolute Gasteiger partial charge is 0.423 e. The molecular formula is C27H36O2. The monoisotopic (exact) mass is 392 g/mol. The second-order valence-corrected chi connectivity index (χ2v) is 8.62. The van der Waals surface area contributed by atoms with Crippen LogP contribution in [-0.2, 0) is 6.42 Å². The number of aryl methyl sites for hydroxylation is 1. The zero-order valence-corrected chi connectivity index (χ0v) is 18.2. The fourth-order valence-corrected chi connectivity index (χ4v) is 4.55. The van der Waals surface area contributed by atoms with Gasteiger partial charge in [-0.05, 0) is 85.8 Å². The third-order valence-corrected chi connectivity index (χ3v) is 6.36. The summed E-state index contributed by atoms with van der Waals surface area (Å²) in [6, 6.07) is 16.0. The van der Waals surface area contributed by atoms with Gasteiger partial charge in [-0.25, -0.2) is 4.79 Å². The first-order chi connectivity index (χ1) is 14.2. The Hall–Kier alpha value is -2.09. The number of carbonyl (C=O) groups is 1. The van der Waals surface area contributed by atoms with Gasteiger partial charge in [0.15, 0.2) is 0 Å². The van der Waals surface area contributed by atoms with Crippen LogP contribution in [0.2, 0.25) is 0 Å². The molecule has 0 N–H and O–H groups in total. The van der Waals surface area contributed by atoms with Gasteiger partial charge in [-0.15, -0.1) is 0 Å². The quantitative estimate of drug-likeness (QED) is 0.248. The van der Waals surface area contributed by atoms with Crippen molar-refractivity contribution in [1.82, 2.24) is 0 Å². The van der Waals surface area contributed by atoms with Gasteiger partial charge in [0.2, 0.25) is 0 Å². The Kier molecular flexibility index (Phi) is 8.34. The number of hydrogen-bond acceptors (Lipinski definition) is 2. The third kappa shape index (κ3) is 6.45. The first kappa shape index (κ1) is 21.6. The first-order valence-corrected chi connectivity index (χ1v) is 11.6. The molecule has 2 aromatic rings. The van der Waals surface area contributed by atoms with Gasteiger partial charge >= 0.3 is 5.97 Å². The van der Waals surface area contributed by atoms with E-state index in [0.29, 0.717) is 17.2 Å². The maximum absolute atomic E-state index is 12.5. The lowest BCUT2D eigenvalue weighted by Crippen LogP contribution is -2.13. The zero-order chi connectivity index (χ0) is 20.5. The molecule has 0 aliphatic heterocycles. The predicted molar refractivity (Wildman–Crippen MR) is 121 cm³/mol. The lowest BCUT2D eigenvalue weighted by atomic mass is 9.77. The van der Waals surface area contributed by atoms with Crippen LogP contribution in [0.3, 0.4) is 0 Å². The van der Waals surface area contributed by atoms with Gasteiger partial charge in [0, 0.05) is 0 Å². The topological polar surface area (TPSA) is 26.3 Å². The maximum Gasteiger partial charge on any atom is 0.343 e. The number of hydrogen-bond donors (Lipinski definition) is 0. The molecule has 0 heterocycles. The molecule has 0 unspecified atom stereocenters. The Morgan fingerprint density at radius 1 is 0.862 bits per heavy atom. The van der Waals surface area contributed by atoms with Crippen molar-refractivity contribution in [3.63, 3.8) is 0 Å². The van der Waals surface area contributed by atoms with Crippen molar-refractivity contribution in [2.45, 2.75) is 84.0 Å². The minimum Gasteiger partial charge on any atom is -0.423 e. The van der Waals surface area contributed by atoms with Gasteiger partial charge in [0.05, 0.1) is 5.56 Å². The van der Waals surface area contributed by atoms with Crippen LogP contribution in [0, 0.1) is 5.92 Å². The smallest absolute Gasteiger partial charge is 0.343 e. The summed E-state index contributed by atoms with van der Waals surface area (Å²) in [6.45, 7) is 4.50. The maximum atomic E-state index is 12.5. The second-order valence-electron chi connectivity index (χ2n) is 8.62. The van der Waals surface area contributed by atoms with Crippen LogP contribution in [0.15, 0.2) is 48.5 Å². The number of benzene rings is 2. The molecule has 0 amide bonds. The molecule has 1 saturated carbocycles. The summed E-state index contributed by atoms with van der Waals surface area (Å²) in [5.74, 6) is 1.91. The average Bonchev–Trinajstić information content (AvgIpc) is 2.76. The van der Waals surface area contributed by atoms with Crippen LogP contribution in [0.25, 0.3) is 0 Å². The van der Waals surface area contributed by atoms with Crippen LogP contribution < -0.4 is 4.74 Å². The van der Waals surface area contributed by atoms with Gasteiger partial charge in [-0.2, -0.15) is 0 Å². The lowest BCUT2D eigenvalue weighted by molar-refractivity contribution is 0.0734. The fourth-order valence-electron chi connectivity index (χ4n) is 4.55. The highest BCUT2D eigenvalue weighted by Gasteiger charge is 2.22. The molecule has 1 aliphatic rings. The van der Waals surface area contributed by atoms with E-state index in [9.17, 15) is 4.79 Å². The molecule has 1 fully saturated rings. The molecule has 0 atom stereocenters. The van der Waals surface area contributed by atoms with Gasteiger partial charge in [-0.3, -0.25) is 0 Å². The van der Waals surface area contributed by atoms with E-state index in [1.807, 2.05) is 24.3 Å². The van der Waals surface area contributed by atoms with E-state index < -0.39 is 0 Å². The Bertz CT molecular complexity index is 737. The Morgan fingerprint density at radius 2 is 1.55 bits per heavy atom. The van der Waals surface area contributed by atoms with Gasteiger partial charge in [0.1, 0.15) is 5.75 Å². The Labute approximate surface area is 176 Å². The van der Waals surface area contributed by atoms with Crippen molar-refractivity contribution in [2.75, 3.05) is 0 Å². The molecular weight excluding hydrogens is 356 g/mol. The van der Waals surface area contributed by atoms with Crippen molar-refractivity contribution < 1.29 is 9.53 Å². The Balaban J connectivity index is 1.51. The molecule has 1 aliphatic carbocycles. The molecule has 0 radical (unpaired) electrons. The number of esters is 1. The van der Waals surface area contributed by atoms with Crippen LogP contribution in [0.1, 0.15) is 99.0 Å². The SMILES string of the molecule is CCCCCc1ccc(OC(=O)c2ccc([C@H]3CC[C@H](CCC)CC3)cc2)cc1. The van der Waals surface area contributed by atoms with E-state index >= 15 is 0 Å². The van der Waals surface area contributed by atoms with Crippen molar-refractivity contribution >= 4 is 5.97 Å². The first-order valence-electron chi connectivity index (χ1n) is 11.6. The number of ether oxygens (including phenoxy) is 1. The van der Waals surface area contributed by atoms with E-state index in [2.05, 4.69) is 38.1 Å².